The van der Waals surface area contributed by atoms with Gasteiger partial charge in [-0.05, 0) is 34.8 Å². The zero-order chi connectivity index (χ0) is 20.1. The number of anilines is 1. The first kappa shape index (κ1) is 20.1. The number of ether oxygens (including phenoxy) is 1. The molecular weight excluding hydrogens is 428 g/mol. The number of pyridine rings is 1. The van der Waals surface area contributed by atoms with Gasteiger partial charge in [0.15, 0.2) is 0 Å². The molecule has 1 amide bonds. The van der Waals surface area contributed by atoms with E-state index in [-0.39, 0.29) is 17.6 Å². The fourth-order valence-corrected chi connectivity index (χ4v) is 3.74. The Bertz CT molecular complexity index is 869. The Hall–Kier alpha value is -2.68. The maximum Gasteiger partial charge on any atom is 0.311 e. The summed E-state index contributed by atoms with van der Waals surface area (Å²) in [6, 6.07) is 7.55. The molecule has 1 N–H and O–H groups in total. The van der Waals surface area contributed by atoms with Crippen LogP contribution in [0, 0.1) is 10.1 Å². The largest absolute Gasteiger partial charge is 0.496 e. The first-order valence-electron chi connectivity index (χ1n) is 8.93. The van der Waals surface area contributed by atoms with E-state index in [0.29, 0.717) is 48.3 Å². The van der Waals surface area contributed by atoms with Crippen LogP contribution in [0.25, 0.3) is 0 Å². The third kappa shape index (κ3) is 4.59. The van der Waals surface area contributed by atoms with Crippen molar-refractivity contribution in [2.24, 2.45) is 0 Å². The molecule has 0 aliphatic carbocycles. The van der Waals surface area contributed by atoms with Crippen LogP contribution in [0.1, 0.15) is 18.4 Å². The van der Waals surface area contributed by atoms with Gasteiger partial charge in [-0.3, -0.25) is 19.9 Å². The molecule has 0 unspecified atom stereocenters. The number of piperidine rings is 1. The molecule has 1 aromatic carbocycles. The molecule has 0 saturated carbocycles. The summed E-state index contributed by atoms with van der Waals surface area (Å²) in [5.74, 6) is 0.765. The van der Waals surface area contributed by atoms with Gasteiger partial charge in [0.25, 0.3) is 0 Å². The lowest BCUT2D eigenvalue weighted by Gasteiger charge is -2.33. The van der Waals surface area contributed by atoms with Crippen LogP contribution < -0.4 is 10.1 Å². The minimum atomic E-state index is -0.452. The number of amides is 1. The third-order valence-corrected chi connectivity index (χ3v) is 5.41. The number of para-hydroxylation sites is 1. The van der Waals surface area contributed by atoms with E-state index in [9.17, 15) is 14.9 Å². The number of halogens is 1. The lowest BCUT2D eigenvalue weighted by atomic mass is 10.0. The first-order valence-corrected chi connectivity index (χ1v) is 9.73. The van der Waals surface area contributed by atoms with E-state index in [1.807, 2.05) is 29.2 Å². The molecule has 148 valence electrons. The van der Waals surface area contributed by atoms with Crippen LogP contribution in [0.3, 0.4) is 0 Å². The molecule has 1 saturated heterocycles. The summed E-state index contributed by atoms with van der Waals surface area (Å²) in [6.45, 7) is 1.20. The molecule has 28 heavy (non-hydrogen) atoms. The van der Waals surface area contributed by atoms with Gasteiger partial charge in [-0.2, -0.15) is 0 Å². The number of nitrogens with zero attached hydrogens (tertiary/aromatic N) is 3. The Morgan fingerprint density at radius 3 is 2.75 bits per heavy atom. The first-order chi connectivity index (χ1) is 13.5. The van der Waals surface area contributed by atoms with Crippen molar-refractivity contribution >= 4 is 33.2 Å². The van der Waals surface area contributed by atoms with Crippen molar-refractivity contribution in [1.82, 2.24) is 9.88 Å². The Morgan fingerprint density at radius 1 is 1.36 bits per heavy atom. The highest BCUT2D eigenvalue weighted by molar-refractivity contribution is 9.10. The molecule has 2 heterocycles. The molecule has 2 aromatic rings. The van der Waals surface area contributed by atoms with Crippen LogP contribution in [-0.2, 0) is 11.2 Å². The van der Waals surface area contributed by atoms with E-state index >= 15 is 0 Å². The second-order valence-electron chi connectivity index (χ2n) is 6.56. The average molecular weight is 449 g/mol. The molecule has 0 radical (unpaired) electrons. The molecule has 0 bridgehead atoms. The normalized spacial score (nSPS) is 14.6. The number of nitrogens with one attached hydrogen (secondary N) is 1. The van der Waals surface area contributed by atoms with Gasteiger partial charge in [-0.25, -0.2) is 0 Å². The van der Waals surface area contributed by atoms with Crippen molar-refractivity contribution in [3.8, 4) is 5.75 Å². The summed E-state index contributed by atoms with van der Waals surface area (Å²) in [5, 5.41) is 14.5. The predicted octanol–water partition coefficient (Wildman–Crippen LogP) is 3.41. The van der Waals surface area contributed by atoms with Gasteiger partial charge in [0, 0.05) is 30.9 Å². The summed E-state index contributed by atoms with van der Waals surface area (Å²) >= 11 is 3.32. The molecular formula is C19H21BrN4O4. The maximum atomic E-state index is 12.6. The Balaban J connectivity index is 1.59. The van der Waals surface area contributed by atoms with E-state index in [2.05, 4.69) is 26.2 Å². The molecule has 0 spiro atoms. The summed E-state index contributed by atoms with van der Waals surface area (Å²) < 4.78 is 5.87. The fourth-order valence-electron chi connectivity index (χ4n) is 3.31. The molecule has 1 fully saturated rings. The monoisotopic (exact) mass is 448 g/mol. The molecule has 9 heteroatoms. The van der Waals surface area contributed by atoms with Crippen molar-refractivity contribution in [3.63, 3.8) is 0 Å². The smallest absolute Gasteiger partial charge is 0.311 e. The minimum absolute atomic E-state index is 0.0488. The van der Waals surface area contributed by atoms with Crippen LogP contribution >= 0.6 is 15.9 Å². The van der Waals surface area contributed by atoms with Crippen molar-refractivity contribution in [1.29, 1.82) is 0 Å². The summed E-state index contributed by atoms with van der Waals surface area (Å²) in [5.41, 5.74) is 1.23. The van der Waals surface area contributed by atoms with E-state index < -0.39 is 4.92 Å². The van der Waals surface area contributed by atoms with E-state index in [4.69, 9.17) is 4.74 Å². The summed E-state index contributed by atoms with van der Waals surface area (Å²) in [6.07, 6.45) is 4.48. The fraction of sp³-hybridized carbons (Fsp3) is 0.368. The van der Waals surface area contributed by atoms with Crippen molar-refractivity contribution < 1.29 is 14.5 Å². The standard InChI is InChI=1S/C19H21BrN4O4/c1-28-17-5-3-2-4-13(17)10-18(25)23-8-6-14(7-9-23)22-19-15(20)11-21-12-16(19)24(26)27/h2-5,11-12,14H,6-10H2,1H3,(H,21,22). The number of hydrogen-bond donors (Lipinski definition) is 1. The Kier molecular flexibility index (Phi) is 6.45. The van der Waals surface area contributed by atoms with Crippen molar-refractivity contribution in [2.45, 2.75) is 25.3 Å². The molecule has 1 aromatic heterocycles. The highest BCUT2D eigenvalue weighted by Crippen LogP contribution is 2.33. The third-order valence-electron chi connectivity index (χ3n) is 4.81. The number of nitro groups is 1. The number of carbonyl (C=O) groups excluding carboxylic acids is 1. The zero-order valence-electron chi connectivity index (χ0n) is 15.4. The van der Waals surface area contributed by atoms with Crippen LogP contribution in [0.5, 0.6) is 5.75 Å². The number of methoxy groups -OCH3 is 1. The lowest BCUT2D eigenvalue weighted by Crippen LogP contribution is -2.43. The van der Waals surface area contributed by atoms with Crippen molar-refractivity contribution in [3.05, 3.63) is 56.8 Å². The number of aromatic nitrogens is 1. The SMILES string of the molecule is COc1ccccc1CC(=O)N1CCC(Nc2c(Br)cncc2[N+](=O)[O-])CC1. The minimum Gasteiger partial charge on any atom is -0.496 e. The van der Waals surface area contributed by atoms with Gasteiger partial charge < -0.3 is 15.0 Å². The van der Waals surface area contributed by atoms with Gasteiger partial charge in [0.2, 0.25) is 5.91 Å². The topological polar surface area (TPSA) is 97.6 Å². The van der Waals surface area contributed by atoms with Crippen LogP contribution in [0.4, 0.5) is 11.4 Å². The van der Waals surface area contributed by atoms with Gasteiger partial charge in [0.1, 0.15) is 17.6 Å². The zero-order valence-corrected chi connectivity index (χ0v) is 17.0. The van der Waals surface area contributed by atoms with E-state index in [1.165, 1.54) is 12.4 Å². The highest BCUT2D eigenvalue weighted by atomic mass is 79.9. The highest BCUT2D eigenvalue weighted by Gasteiger charge is 2.26. The van der Waals surface area contributed by atoms with E-state index in [1.54, 1.807) is 7.11 Å². The molecule has 3 rings (SSSR count). The Morgan fingerprint density at radius 2 is 2.07 bits per heavy atom. The molecule has 1 aliphatic rings. The molecule has 0 atom stereocenters. The number of carbonyl (C=O) groups is 1. The van der Waals surface area contributed by atoms with Crippen LogP contribution in [0.15, 0.2) is 41.1 Å². The van der Waals surface area contributed by atoms with Gasteiger partial charge >= 0.3 is 5.69 Å². The van der Waals surface area contributed by atoms with Gasteiger partial charge in [-0.1, -0.05) is 18.2 Å². The summed E-state index contributed by atoms with van der Waals surface area (Å²) in [7, 11) is 1.59. The Labute approximate surface area is 171 Å². The second-order valence-corrected chi connectivity index (χ2v) is 7.41. The van der Waals surface area contributed by atoms with Crippen molar-refractivity contribution in [2.75, 3.05) is 25.5 Å². The second kappa shape index (κ2) is 9.01. The number of rotatable bonds is 6. The number of hydrogen-bond acceptors (Lipinski definition) is 6. The maximum absolute atomic E-state index is 12.6. The predicted molar refractivity (Wildman–Crippen MR) is 109 cm³/mol. The molecule has 1 aliphatic heterocycles. The van der Waals surface area contributed by atoms with E-state index in [0.717, 1.165) is 5.56 Å². The number of likely N-dealkylation sites (tertiary alicyclic amines) is 1. The summed E-state index contributed by atoms with van der Waals surface area (Å²) in [4.78, 5) is 29.1. The quantitative estimate of drug-likeness (QED) is 0.536. The molecule has 8 nitrogen and oxygen atoms in total. The average Bonchev–Trinajstić information content (AvgIpc) is 2.70. The van der Waals surface area contributed by atoms with Crippen LogP contribution in [0.2, 0.25) is 0 Å². The number of benzene rings is 1. The van der Waals surface area contributed by atoms with Crippen LogP contribution in [-0.4, -0.2) is 47.0 Å². The van der Waals surface area contributed by atoms with Gasteiger partial charge in [0.05, 0.1) is 22.9 Å². The van der Waals surface area contributed by atoms with Gasteiger partial charge in [-0.15, -0.1) is 0 Å². The lowest BCUT2D eigenvalue weighted by molar-refractivity contribution is -0.384.